The molecule has 4 heterocycles. The Balaban J connectivity index is 1.15. The highest BCUT2D eigenvalue weighted by molar-refractivity contribution is 5.70. The average Bonchev–Trinajstić information content (AvgIpc) is 0.790. The van der Waals surface area contributed by atoms with Crippen molar-refractivity contribution >= 4 is 0 Å². The molecule has 0 saturated heterocycles. The third-order valence-corrected chi connectivity index (χ3v) is 17.3. The number of hydrogen-bond donors (Lipinski definition) is 4. The van der Waals surface area contributed by atoms with Crippen LogP contribution in [0.4, 0.5) is 0 Å². The summed E-state index contributed by atoms with van der Waals surface area (Å²) in [5.41, 5.74) is 9.83. The summed E-state index contributed by atoms with van der Waals surface area (Å²) in [5.74, 6) is 4.95. The lowest BCUT2D eigenvalue weighted by Crippen LogP contribution is -2.26. The summed E-state index contributed by atoms with van der Waals surface area (Å²) in [6.45, 7) is 7.75. The Hall–Kier alpha value is -9.44. The number of benzene rings is 8. The van der Waals surface area contributed by atoms with Gasteiger partial charge in [-0.3, -0.25) is 0 Å². The fourth-order valence-corrected chi connectivity index (χ4v) is 13.5. The molecule has 0 amide bonds. The zero-order valence-electron chi connectivity index (χ0n) is 49.9. The van der Waals surface area contributed by atoms with Crippen LogP contribution >= 0.6 is 0 Å². The summed E-state index contributed by atoms with van der Waals surface area (Å²) in [6.07, 6.45) is 5.69. The first kappa shape index (κ1) is 57.6. The second-order valence-corrected chi connectivity index (χ2v) is 22.9. The van der Waals surface area contributed by atoms with Crippen molar-refractivity contribution in [2.75, 3.05) is 27.2 Å². The van der Waals surface area contributed by atoms with Crippen molar-refractivity contribution in [2.24, 2.45) is 0 Å². The van der Waals surface area contributed by atoms with Gasteiger partial charge in [0.15, 0.2) is 0 Å². The molecule has 1 aliphatic carbocycles. The van der Waals surface area contributed by atoms with Gasteiger partial charge in [-0.1, -0.05) is 77.6 Å². The Kier molecular flexibility index (Phi) is 16.4. The average molecular weight is 1190 g/mol. The second-order valence-electron chi connectivity index (χ2n) is 22.9. The molecule has 0 fully saturated rings. The molecule has 4 aliphatic heterocycles. The van der Waals surface area contributed by atoms with Crippen molar-refractivity contribution < 1.29 is 77.3 Å². The van der Waals surface area contributed by atoms with Crippen LogP contribution in [0, 0.1) is 0 Å². The van der Waals surface area contributed by atoms with E-state index in [1.54, 1.807) is 97.1 Å². The van der Waals surface area contributed by atoms with Crippen molar-refractivity contribution in [3.63, 3.8) is 0 Å². The molecule has 4 N–H and O–H groups in total. The van der Waals surface area contributed by atoms with Crippen LogP contribution in [0.3, 0.4) is 0 Å². The van der Waals surface area contributed by atoms with Crippen LogP contribution in [-0.2, 0) is 26.4 Å². The molecule has 16 nitrogen and oxygen atoms in total. The molecule has 16 heteroatoms. The zero-order chi connectivity index (χ0) is 60.4. The van der Waals surface area contributed by atoms with Gasteiger partial charge >= 0.3 is 0 Å². The van der Waals surface area contributed by atoms with Gasteiger partial charge in [0.05, 0.1) is 22.3 Å². The summed E-state index contributed by atoms with van der Waals surface area (Å²) in [6, 6.07) is 36.1. The minimum absolute atomic E-state index is 0.0106. The molecule has 0 saturated carbocycles. The Morgan fingerprint density at radius 1 is 0.295 bits per heavy atom. The Morgan fingerprint density at radius 3 is 0.659 bits per heavy atom. The molecule has 8 bridgehead atoms. The summed E-state index contributed by atoms with van der Waals surface area (Å²) < 4.78 is 83.0. The molecule has 456 valence electrons. The highest BCUT2D eigenvalue weighted by Gasteiger charge is 2.42. The first-order chi connectivity index (χ1) is 43.1. The first-order valence-corrected chi connectivity index (χ1v) is 30.6. The maximum atomic E-state index is 10.7. The molecule has 0 atom stereocenters. The maximum absolute atomic E-state index is 10.7. The molecule has 0 spiro atoms. The lowest BCUT2D eigenvalue weighted by molar-refractivity contribution is 0.0895. The number of ether oxygens (including phenoxy) is 12. The van der Waals surface area contributed by atoms with Crippen LogP contribution in [0.1, 0.15) is 169 Å². The molecule has 5 aliphatic rings. The van der Waals surface area contributed by atoms with Crippen LogP contribution in [-0.4, -0.2) is 47.6 Å². The molecule has 0 unspecified atom stereocenters. The molecule has 0 aromatic heterocycles. The van der Waals surface area contributed by atoms with Gasteiger partial charge < -0.3 is 77.3 Å². The van der Waals surface area contributed by atoms with Crippen molar-refractivity contribution in [3.8, 4) is 92.0 Å². The van der Waals surface area contributed by atoms with Gasteiger partial charge in [0.25, 0.3) is 0 Å². The molecule has 0 radical (unpaired) electrons. The van der Waals surface area contributed by atoms with Crippen molar-refractivity contribution in [1.82, 2.24) is 0 Å². The third kappa shape index (κ3) is 11.1. The Bertz CT molecular complexity index is 3270. The maximum Gasteiger partial charge on any atom is 0.230 e. The largest absolute Gasteiger partial charge is 0.508 e. The van der Waals surface area contributed by atoms with E-state index >= 15 is 0 Å². The van der Waals surface area contributed by atoms with Gasteiger partial charge in [-0.2, -0.15) is 0 Å². The van der Waals surface area contributed by atoms with E-state index in [4.69, 9.17) is 56.8 Å². The number of phenols is 4. The monoisotopic (exact) mass is 1190 g/mol. The van der Waals surface area contributed by atoms with Crippen molar-refractivity contribution in [2.45, 2.75) is 129 Å². The lowest BCUT2D eigenvalue weighted by atomic mass is 9.74. The van der Waals surface area contributed by atoms with Crippen LogP contribution in [0.15, 0.2) is 121 Å². The standard InChI is InChI=1S/C72H72O16/c1-5-13-49-53-29-55-50(14-6-2)57-31-59-52(16-8-4)60-32-58-51(15-7-3)56-30-54(49)66-62(34-78-46-22-10-18-42(74)26-46)68(56)84-39-86-70(58)64(36-80-48-24-12-20-44(76)28-48)72(60)88-40-87-71(59)63(35-79-47-23-11-19-43(75)27-47)69(57)85-38-83-67(55)61(65(53)81-37-82-66)33-77-45-21-9-17-41(73)25-45/h9-12,17-32,49-52,73-76H,5-8,13-16,33-40H2,1-4H3. The van der Waals surface area contributed by atoms with Gasteiger partial charge in [-0.05, 0) is 98.5 Å². The van der Waals surface area contributed by atoms with E-state index < -0.39 is 0 Å². The highest BCUT2D eigenvalue weighted by atomic mass is 16.7. The minimum Gasteiger partial charge on any atom is -0.508 e. The summed E-state index contributed by atoms with van der Waals surface area (Å²) in [5, 5.41) is 42.7. The highest BCUT2D eigenvalue weighted by Crippen LogP contribution is 2.59. The summed E-state index contributed by atoms with van der Waals surface area (Å²) in [4.78, 5) is 0. The molecule has 8 aromatic rings. The van der Waals surface area contributed by atoms with Gasteiger partial charge in [-0.25, -0.2) is 0 Å². The topological polar surface area (TPSA) is 192 Å². The minimum atomic E-state index is -0.376. The zero-order valence-corrected chi connectivity index (χ0v) is 49.9. The predicted octanol–water partition coefficient (Wildman–Crippen LogP) is 15.8. The van der Waals surface area contributed by atoms with E-state index in [0.29, 0.717) is 117 Å². The molecular weight excluding hydrogens is 1120 g/mol. The van der Waals surface area contributed by atoms with Crippen LogP contribution < -0.4 is 56.8 Å². The SMILES string of the molecule is CCCC1c2cc3c4c(COc5cccc(O)c5)c2OCOc2c1cc1c(c2COc2cccc(O)c2)OCOc2c(cc5c(c2COc2cccc(O)c2)OCOc2c(cc(c(c2COc2cccc(O)c2)OCO4)C3CCC)C5CCC)C1CCC. The number of aromatic hydroxyl groups is 4. The van der Waals surface area contributed by atoms with Crippen LogP contribution in [0.5, 0.6) is 92.0 Å². The smallest absolute Gasteiger partial charge is 0.230 e. The van der Waals surface area contributed by atoms with Crippen molar-refractivity contribution in [3.05, 3.63) is 188 Å². The van der Waals surface area contributed by atoms with Gasteiger partial charge in [-0.15, -0.1) is 0 Å². The summed E-state index contributed by atoms with van der Waals surface area (Å²) >= 11 is 0. The van der Waals surface area contributed by atoms with Crippen molar-refractivity contribution in [1.29, 1.82) is 0 Å². The normalized spacial score (nSPS) is 17.2. The van der Waals surface area contributed by atoms with E-state index in [1.807, 2.05) is 0 Å². The fraction of sp³-hybridized carbons (Fsp3) is 0.333. The van der Waals surface area contributed by atoms with Gasteiger partial charge in [0.1, 0.15) is 118 Å². The van der Waals surface area contributed by atoms with E-state index in [2.05, 4.69) is 52.0 Å². The lowest BCUT2D eigenvalue weighted by Gasteiger charge is -2.37. The van der Waals surface area contributed by atoms with E-state index in [-0.39, 0.29) is 100 Å². The van der Waals surface area contributed by atoms with E-state index in [9.17, 15) is 20.4 Å². The number of phenolic OH excluding ortho intramolecular Hbond substituents is 4. The summed E-state index contributed by atoms with van der Waals surface area (Å²) in [7, 11) is 0. The molecule has 13 rings (SSSR count). The third-order valence-electron chi connectivity index (χ3n) is 17.3. The quantitative estimate of drug-likeness (QED) is 0.0563. The number of hydrogen-bond acceptors (Lipinski definition) is 16. The second kappa shape index (κ2) is 25.1. The van der Waals surface area contributed by atoms with E-state index in [0.717, 1.165) is 70.2 Å². The molecule has 8 aromatic carbocycles. The molecule has 88 heavy (non-hydrogen) atoms. The Labute approximate surface area is 511 Å². The van der Waals surface area contributed by atoms with Gasteiger partial charge in [0.2, 0.25) is 27.2 Å². The van der Waals surface area contributed by atoms with Gasteiger partial charge in [0, 0.05) is 92.4 Å². The first-order valence-electron chi connectivity index (χ1n) is 30.6. The molecular formula is C72H72O16. The Morgan fingerprint density at radius 2 is 0.489 bits per heavy atom. The predicted molar refractivity (Wildman–Crippen MR) is 327 cm³/mol. The fourth-order valence-electron chi connectivity index (χ4n) is 13.5. The number of rotatable bonds is 20. The van der Waals surface area contributed by atoms with E-state index in [1.165, 1.54) is 0 Å². The van der Waals surface area contributed by atoms with Crippen LogP contribution in [0.2, 0.25) is 0 Å². The van der Waals surface area contributed by atoms with Crippen LogP contribution in [0.25, 0.3) is 0 Å².